The van der Waals surface area contributed by atoms with E-state index in [1.807, 2.05) is 6.26 Å². The molecule has 0 saturated heterocycles. The Morgan fingerprint density at radius 2 is 2.44 bits per heavy atom. The molecule has 0 unspecified atom stereocenters. The molecule has 54 valence electrons. The molecule has 0 fully saturated rings. The quantitative estimate of drug-likeness (QED) is 0.600. The molecule has 0 heterocycles. The Kier molecular flexibility index (Phi) is 4.53. The van der Waals surface area contributed by atoms with Crippen LogP contribution in [0.2, 0.25) is 0 Å². The normalized spacial score (nSPS) is 13.1. The molecule has 0 rings (SSSR count). The fraction of sp³-hybridized carbons (Fsp3) is 0.800. The Labute approximate surface area is 58.6 Å². The summed E-state index contributed by atoms with van der Waals surface area (Å²) in [6.07, 6.45) is 2.48. The third-order valence-corrected chi connectivity index (χ3v) is 1.59. The molecule has 3 N–H and O–H groups in total. The number of carboxylic acids is 1. The molecule has 0 radical (unpaired) electrons. The second-order valence-corrected chi connectivity index (χ2v) is 2.71. The first-order chi connectivity index (χ1) is 4.18. The molecule has 0 spiro atoms. The van der Waals surface area contributed by atoms with Gasteiger partial charge in [-0.2, -0.15) is 11.8 Å². The van der Waals surface area contributed by atoms with E-state index in [-0.39, 0.29) is 0 Å². The molecule has 0 bridgehead atoms. The largest absolute Gasteiger partial charge is 0.480 e. The second-order valence-electron chi connectivity index (χ2n) is 1.73. The van der Waals surface area contributed by atoms with Gasteiger partial charge in [0.25, 0.3) is 0 Å². The van der Waals surface area contributed by atoms with Gasteiger partial charge in [-0.1, -0.05) is 0 Å². The van der Waals surface area contributed by atoms with Crippen LogP contribution >= 0.6 is 11.8 Å². The maximum atomic E-state index is 10.1. The van der Waals surface area contributed by atoms with E-state index in [1.165, 1.54) is 0 Å². The van der Waals surface area contributed by atoms with Crippen molar-refractivity contribution in [1.29, 1.82) is 0 Å². The van der Waals surface area contributed by atoms with Crippen LogP contribution in [0.5, 0.6) is 0 Å². The SMILES string of the molecule is CSCC[14C@H](N)C(=O)O. The van der Waals surface area contributed by atoms with Crippen LogP contribution in [-0.2, 0) is 4.79 Å². The number of carbonyl (C=O) groups is 1. The fourth-order valence-corrected chi connectivity index (χ4v) is 0.858. The zero-order valence-corrected chi connectivity index (χ0v) is 6.15. The van der Waals surface area contributed by atoms with Crippen molar-refractivity contribution in [3.05, 3.63) is 0 Å². The molecule has 1 atom stereocenters. The number of carboxylic acid groups (broad SMARTS) is 1. The summed E-state index contributed by atoms with van der Waals surface area (Å²) in [5.41, 5.74) is 5.19. The van der Waals surface area contributed by atoms with Crippen molar-refractivity contribution in [1.82, 2.24) is 0 Å². The number of hydrogen-bond donors (Lipinski definition) is 2. The minimum absolute atomic E-state index is 0.552. The summed E-state index contributed by atoms with van der Waals surface area (Å²) in [4.78, 5) is 10.1. The Bertz CT molecular complexity index is 97.0. The lowest BCUT2D eigenvalue weighted by atomic mass is 10.7. The van der Waals surface area contributed by atoms with Crippen molar-refractivity contribution in [3.63, 3.8) is 0 Å². The molecule has 0 saturated carbocycles. The van der Waals surface area contributed by atoms with E-state index < -0.39 is 12.0 Å². The molecular weight excluding hydrogens is 140 g/mol. The highest BCUT2D eigenvalue weighted by Crippen LogP contribution is 1.97. The minimum Gasteiger partial charge on any atom is -0.480 e. The van der Waals surface area contributed by atoms with E-state index >= 15 is 0 Å². The highest BCUT2D eigenvalue weighted by atomic mass is 32.2. The monoisotopic (exact) mass is 151 g/mol. The number of hydrogen-bond acceptors (Lipinski definition) is 3. The van der Waals surface area contributed by atoms with E-state index in [2.05, 4.69) is 0 Å². The van der Waals surface area contributed by atoms with Gasteiger partial charge in [0, 0.05) is 0 Å². The van der Waals surface area contributed by atoms with Crippen molar-refractivity contribution >= 4 is 17.7 Å². The summed E-state index contributed by atoms with van der Waals surface area (Å²) in [5.74, 6) is -0.1000. The average Bonchev–Trinajstić information content (AvgIpc) is 1.82. The van der Waals surface area contributed by atoms with Crippen molar-refractivity contribution in [2.45, 2.75) is 12.5 Å². The maximum Gasteiger partial charge on any atom is 0.320 e. The molecule has 3 nitrogen and oxygen atoms in total. The van der Waals surface area contributed by atoms with E-state index in [4.69, 9.17) is 10.8 Å². The van der Waals surface area contributed by atoms with Gasteiger partial charge in [-0.15, -0.1) is 0 Å². The van der Waals surface area contributed by atoms with Gasteiger partial charge in [0.2, 0.25) is 0 Å². The number of aliphatic carboxylic acids is 1. The summed E-state index contributed by atoms with van der Waals surface area (Å²) < 4.78 is 0. The molecule has 0 aromatic rings. The molecule has 9 heavy (non-hydrogen) atoms. The number of thioether (sulfide) groups is 1. The molecule has 0 aromatic carbocycles. The summed E-state index contributed by atoms with van der Waals surface area (Å²) >= 11 is 1.60. The Balaban J connectivity index is 3.27. The van der Waals surface area contributed by atoms with Gasteiger partial charge in [-0.25, -0.2) is 0 Å². The smallest absolute Gasteiger partial charge is 0.320 e. The topological polar surface area (TPSA) is 63.3 Å². The molecule has 4 heteroatoms. The summed E-state index contributed by atoms with van der Waals surface area (Å²) in [6, 6.07) is -0.683. The van der Waals surface area contributed by atoms with Crippen LogP contribution in [0.4, 0.5) is 0 Å². The van der Waals surface area contributed by atoms with E-state index in [1.54, 1.807) is 11.8 Å². The van der Waals surface area contributed by atoms with Gasteiger partial charge in [-0.3, -0.25) is 4.79 Å². The lowest BCUT2D eigenvalue weighted by Crippen LogP contribution is -2.30. The first-order valence-electron chi connectivity index (χ1n) is 2.65. The Hall–Kier alpha value is -0.220. The predicted molar refractivity (Wildman–Crippen MR) is 38.6 cm³/mol. The number of nitrogens with two attached hydrogens (primary N) is 1. The Morgan fingerprint density at radius 3 is 2.78 bits per heavy atom. The van der Waals surface area contributed by atoms with Gasteiger partial charge >= 0.3 is 5.97 Å². The fourth-order valence-electron chi connectivity index (χ4n) is 0.368. The van der Waals surface area contributed by atoms with Crippen LogP contribution in [0.15, 0.2) is 0 Å². The van der Waals surface area contributed by atoms with Gasteiger partial charge in [0.15, 0.2) is 0 Å². The molecule has 0 aliphatic carbocycles. The van der Waals surface area contributed by atoms with Crippen LogP contribution in [-0.4, -0.2) is 29.1 Å². The predicted octanol–water partition coefficient (Wildman–Crippen LogP) is 0.151. The van der Waals surface area contributed by atoms with E-state index in [0.717, 1.165) is 5.75 Å². The summed E-state index contributed by atoms with van der Waals surface area (Å²) in [7, 11) is 0. The van der Waals surface area contributed by atoms with Gasteiger partial charge in [-0.05, 0) is 18.4 Å². The summed E-state index contributed by atoms with van der Waals surface area (Å²) in [5, 5.41) is 8.27. The third-order valence-electron chi connectivity index (χ3n) is 0.950. The van der Waals surface area contributed by atoms with E-state index in [0.29, 0.717) is 6.42 Å². The molecular formula is C5H11NO2S. The van der Waals surface area contributed by atoms with Gasteiger partial charge < -0.3 is 10.8 Å². The van der Waals surface area contributed by atoms with Crippen molar-refractivity contribution < 1.29 is 9.90 Å². The molecule has 0 aromatic heterocycles. The van der Waals surface area contributed by atoms with Crippen LogP contribution < -0.4 is 5.73 Å². The van der Waals surface area contributed by atoms with Gasteiger partial charge in [0.05, 0.1) is 0 Å². The minimum atomic E-state index is -0.913. The van der Waals surface area contributed by atoms with Gasteiger partial charge in [0.1, 0.15) is 6.04 Å². The van der Waals surface area contributed by atoms with Crippen molar-refractivity contribution in [2.24, 2.45) is 5.73 Å². The molecule has 0 amide bonds. The van der Waals surface area contributed by atoms with Crippen LogP contribution in [0.1, 0.15) is 6.42 Å². The van der Waals surface area contributed by atoms with E-state index in [9.17, 15) is 4.79 Å². The zero-order valence-electron chi connectivity index (χ0n) is 5.33. The highest BCUT2D eigenvalue weighted by Gasteiger charge is 2.08. The summed E-state index contributed by atoms with van der Waals surface area (Å²) in [6.45, 7) is 0. The number of rotatable bonds is 4. The van der Waals surface area contributed by atoms with Crippen LogP contribution in [0.3, 0.4) is 0 Å². The van der Waals surface area contributed by atoms with Crippen molar-refractivity contribution in [2.75, 3.05) is 12.0 Å². The zero-order chi connectivity index (χ0) is 7.28. The lowest BCUT2D eigenvalue weighted by Gasteiger charge is -2.02. The van der Waals surface area contributed by atoms with Crippen LogP contribution in [0.25, 0.3) is 0 Å². The standard InChI is InChI=1S/C5H11NO2S/c1-9-3-2-4(6)5(7)8/h4H,2-3,6H2,1H3,(H,7,8)/t4-/m0/s1/i4+2. The second kappa shape index (κ2) is 4.64. The highest BCUT2D eigenvalue weighted by molar-refractivity contribution is 7.98. The Morgan fingerprint density at radius 1 is 1.89 bits per heavy atom. The molecule has 0 aliphatic rings. The first kappa shape index (κ1) is 8.78. The lowest BCUT2D eigenvalue weighted by molar-refractivity contribution is -0.138. The molecule has 0 aliphatic heterocycles. The van der Waals surface area contributed by atoms with Crippen LogP contribution in [0, 0.1) is 0 Å². The maximum absolute atomic E-state index is 10.1. The third kappa shape index (κ3) is 4.29. The average molecular weight is 151 g/mol. The first-order valence-corrected chi connectivity index (χ1v) is 4.05. The van der Waals surface area contributed by atoms with Crippen molar-refractivity contribution in [3.8, 4) is 0 Å².